The van der Waals surface area contributed by atoms with Gasteiger partial charge < -0.3 is 15.3 Å². The number of aromatic nitrogens is 4. The molecule has 14 heteroatoms. The van der Waals surface area contributed by atoms with Crippen LogP contribution < -0.4 is 21.5 Å². The van der Waals surface area contributed by atoms with Gasteiger partial charge in [0.25, 0.3) is 5.56 Å². The van der Waals surface area contributed by atoms with Gasteiger partial charge in [-0.1, -0.05) is 35.9 Å². The molecule has 35 heavy (non-hydrogen) atoms. The average Bonchev–Trinajstić information content (AvgIpc) is 3.20. The second-order valence-electron chi connectivity index (χ2n) is 7.35. The molecule has 1 fully saturated rings. The van der Waals surface area contributed by atoms with Crippen LogP contribution in [0.4, 0.5) is 19.1 Å². The third-order valence-corrected chi connectivity index (χ3v) is 5.36. The Labute approximate surface area is 201 Å². The normalized spacial score (nSPS) is 14.3. The number of aromatic amines is 1. The number of H-pyrrole nitrogens is 1. The smallest absolute Gasteiger partial charge is 0.475 e. The van der Waals surface area contributed by atoms with E-state index in [0.717, 1.165) is 26.2 Å². The summed E-state index contributed by atoms with van der Waals surface area (Å²) in [6.07, 6.45) is -1.39. The summed E-state index contributed by atoms with van der Waals surface area (Å²) < 4.78 is 35.0. The molecule has 10 nitrogen and oxygen atoms in total. The number of benzene rings is 1. The van der Waals surface area contributed by atoms with E-state index in [4.69, 9.17) is 26.5 Å². The lowest BCUT2D eigenvalue weighted by atomic mass is 10.3. The second kappa shape index (κ2) is 10.8. The van der Waals surface area contributed by atoms with Crippen LogP contribution in [0.5, 0.6) is 0 Å². The predicted molar refractivity (Wildman–Crippen MR) is 125 cm³/mol. The van der Waals surface area contributed by atoms with E-state index in [1.807, 2.05) is 37.3 Å². The van der Waals surface area contributed by atoms with Gasteiger partial charge in [0.1, 0.15) is 0 Å². The standard InChI is InChI=1S/C19H21ClN6O2.C2HF3O2/c1-2-3-10-25-16-15(17(27)23-19(25)28)26(14-7-5-4-6-13(14)20)18(22-16)24-11-8-21-9-12-24;3-2(4,5)1(6)7/h2-7,21H,8-12H2,1H3,(H,23,27,28);(H,6,7)/b3-2+;. The number of carboxylic acids is 1. The van der Waals surface area contributed by atoms with Crippen LogP contribution in [-0.2, 0) is 11.3 Å². The SMILES string of the molecule is C/C=C/Cn1c(=O)[nH]c(=O)c2c1nc(N1CCNCC1)n2-c1ccccc1Cl.O=C(O)C(F)(F)F. The summed E-state index contributed by atoms with van der Waals surface area (Å²) in [4.78, 5) is 43.4. The number of rotatable bonds is 4. The fraction of sp³-hybridized carbons (Fsp3) is 0.333. The van der Waals surface area contributed by atoms with Crippen LogP contribution in [0.1, 0.15) is 6.92 Å². The van der Waals surface area contributed by atoms with E-state index < -0.39 is 23.4 Å². The number of hydrogen-bond donors (Lipinski definition) is 3. The van der Waals surface area contributed by atoms with Gasteiger partial charge in [0, 0.05) is 32.7 Å². The Morgan fingerprint density at radius 3 is 2.43 bits per heavy atom. The van der Waals surface area contributed by atoms with Crippen molar-refractivity contribution in [1.82, 2.24) is 24.4 Å². The highest BCUT2D eigenvalue weighted by Crippen LogP contribution is 2.29. The summed E-state index contributed by atoms with van der Waals surface area (Å²) in [5.41, 5.74) is 0.352. The largest absolute Gasteiger partial charge is 0.490 e. The Hall–Kier alpha value is -3.58. The molecular formula is C21H22ClF3N6O4. The van der Waals surface area contributed by atoms with Gasteiger partial charge in [-0.2, -0.15) is 18.2 Å². The lowest BCUT2D eigenvalue weighted by molar-refractivity contribution is -0.192. The van der Waals surface area contributed by atoms with Gasteiger partial charge in [0.05, 0.1) is 10.7 Å². The second-order valence-corrected chi connectivity index (χ2v) is 7.76. The Balaban J connectivity index is 0.000000429. The molecule has 188 valence electrons. The number of nitrogens with one attached hydrogen (secondary N) is 2. The highest BCUT2D eigenvalue weighted by molar-refractivity contribution is 6.32. The molecule has 0 amide bonds. The highest BCUT2D eigenvalue weighted by Gasteiger charge is 2.38. The molecule has 1 aromatic carbocycles. The number of imidazole rings is 1. The van der Waals surface area contributed by atoms with Crippen molar-refractivity contribution in [2.45, 2.75) is 19.6 Å². The Morgan fingerprint density at radius 2 is 1.86 bits per heavy atom. The summed E-state index contributed by atoms with van der Waals surface area (Å²) in [5.74, 6) is -2.15. The minimum Gasteiger partial charge on any atom is -0.475 e. The number of para-hydroxylation sites is 1. The number of alkyl halides is 3. The van der Waals surface area contributed by atoms with E-state index in [1.165, 1.54) is 4.57 Å². The van der Waals surface area contributed by atoms with Crippen LogP contribution >= 0.6 is 11.6 Å². The monoisotopic (exact) mass is 514 g/mol. The third-order valence-electron chi connectivity index (χ3n) is 5.04. The van der Waals surface area contributed by atoms with E-state index >= 15 is 0 Å². The molecular weight excluding hydrogens is 493 g/mol. The van der Waals surface area contributed by atoms with Crippen molar-refractivity contribution in [1.29, 1.82) is 0 Å². The van der Waals surface area contributed by atoms with Crippen LogP contribution in [0.3, 0.4) is 0 Å². The number of halogens is 4. The summed E-state index contributed by atoms with van der Waals surface area (Å²) >= 11 is 6.46. The molecule has 0 atom stereocenters. The van der Waals surface area contributed by atoms with E-state index in [0.29, 0.717) is 34.4 Å². The molecule has 1 saturated heterocycles. The van der Waals surface area contributed by atoms with Crippen LogP contribution in [0.25, 0.3) is 16.9 Å². The quantitative estimate of drug-likeness (QED) is 0.455. The molecule has 3 aromatic rings. The molecule has 1 aliphatic rings. The number of piperazine rings is 1. The van der Waals surface area contributed by atoms with Crippen LogP contribution in [0.15, 0.2) is 46.0 Å². The van der Waals surface area contributed by atoms with E-state index in [1.54, 1.807) is 10.6 Å². The van der Waals surface area contributed by atoms with Gasteiger partial charge in [0.2, 0.25) is 5.95 Å². The Morgan fingerprint density at radius 1 is 1.23 bits per heavy atom. The maximum absolute atomic E-state index is 12.8. The fourth-order valence-corrected chi connectivity index (χ4v) is 3.65. The number of anilines is 1. The molecule has 0 bridgehead atoms. The Bertz CT molecular complexity index is 1360. The molecule has 0 spiro atoms. The fourth-order valence-electron chi connectivity index (χ4n) is 3.43. The van der Waals surface area contributed by atoms with Crippen molar-refractivity contribution in [3.05, 3.63) is 62.3 Å². The first kappa shape index (κ1) is 26.0. The van der Waals surface area contributed by atoms with E-state index in [9.17, 15) is 22.8 Å². The van der Waals surface area contributed by atoms with Crippen LogP contribution in [0.2, 0.25) is 5.02 Å². The van der Waals surface area contributed by atoms with Gasteiger partial charge in [-0.15, -0.1) is 0 Å². The predicted octanol–water partition coefficient (Wildman–Crippen LogP) is 2.15. The third kappa shape index (κ3) is 5.74. The topological polar surface area (TPSA) is 125 Å². The zero-order valence-corrected chi connectivity index (χ0v) is 19.2. The first-order valence-corrected chi connectivity index (χ1v) is 10.8. The molecule has 0 saturated carbocycles. The number of nitrogens with zero attached hydrogens (tertiary/aromatic N) is 4. The van der Waals surface area contributed by atoms with E-state index in [-0.39, 0.29) is 0 Å². The van der Waals surface area contributed by atoms with Gasteiger partial charge in [0.15, 0.2) is 11.2 Å². The molecule has 2 aromatic heterocycles. The number of aliphatic carboxylic acids is 1. The van der Waals surface area contributed by atoms with Gasteiger partial charge in [-0.3, -0.25) is 18.9 Å². The molecule has 3 N–H and O–H groups in total. The van der Waals surface area contributed by atoms with Crippen LogP contribution in [-0.4, -0.2) is 62.5 Å². The van der Waals surface area contributed by atoms with Gasteiger partial charge in [-0.05, 0) is 19.1 Å². The first-order valence-electron chi connectivity index (χ1n) is 10.4. The molecule has 3 heterocycles. The zero-order valence-electron chi connectivity index (χ0n) is 18.5. The minimum absolute atomic E-state index is 0.311. The molecule has 0 aliphatic carbocycles. The Kier molecular flexibility index (Phi) is 8.02. The number of carbonyl (C=O) groups is 1. The number of fused-ring (bicyclic) bond motifs is 1. The summed E-state index contributed by atoms with van der Waals surface area (Å²) in [5, 5.41) is 10.9. The zero-order chi connectivity index (χ0) is 25.8. The highest BCUT2D eigenvalue weighted by atomic mass is 35.5. The number of allylic oxidation sites excluding steroid dienone is 2. The molecule has 4 rings (SSSR count). The van der Waals surface area contributed by atoms with Crippen molar-refractivity contribution in [2.75, 3.05) is 31.1 Å². The number of carboxylic acid groups (broad SMARTS) is 1. The van der Waals surface area contributed by atoms with Crippen molar-refractivity contribution >= 4 is 34.7 Å². The molecule has 0 unspecified atom stereocenters. The van der Waals surface area contributed by atoms with Crippen molar-refractivity contribution in [3.8, 4) is 5.69 Å². The molecule has 1 aliphatic heterocycles. The van der Waals surface area contributed by atoms with Crippen LogP contribution in [0, 0.1) is 0 Å². The maximum atomic E-state index is 12.8. The van der Waals surface area contributed by atoms with E-state index in [2.05, 4.69) is 15.2 Å². The number of hydrogen-bond acceptors (Lipinski definition) is 6. The van der Waals surface area contributed by atoms with Gasteiger partial charge >= 0.3 is 17.8 Å². The molecule has 0 radical (unpaired) electrons. The van der Waals surface area contributed by atoms with Crippen molar-refractivity contribution in [3.63, 3.8) is 0 Å². The summed E-state index contributed by atoms with van der Waals surface area (Å²) in [6, 6.07) is 7.31. The lowest BCUT2D eigenvalue weighted by Crippen LogP contribution is -2.44. The van der Waals surface area contributed by atoms with Crippen molar-refractivity contribution in [2.24, 2.45) is 0 Å². The summed E-state index contributed by atoms with van der Waals surface area (Å²) in [7, 11) is 0. The first-order chi connectivity index (χ1) is 16.6. The minimum atomic E-state index is -5.08. The lowest BCUT2D eigenvalue weighted by Gasteiger charge is -2.28. The maximum Gasteiger partial charge on any atom is 0.490 e. The van der Waals surface area contributed by atoms with Crippen molar-refractivity contribution < 1.29 is 23.1 Å². The average molecular weight is 515 g/mol. The van der Waals surface area contributed by atoms with Gasteiger partial charge in [-0.25, -0.2) is 9.59 Å². The summed E-state index contributed by atoms with van der Waals surface area (Å²) in [6.45, 7) is 5.31.